The Morgan fingerprint density at radius 3 is 2.42 bits per heavy atom. The average Bonchev–Trinajstić information content (AvgIpc) is 3.39. The Balaban J connectivity index is 1.35. The molecular formula is C32H35F3N6O2. The summed E-state index contributed by atoms with van der Waals surface area (Å²) in [5.74, 6) is 1.05. The lowest BCUT2D eigenvalue weighted by molar-refractivity contribution is -0.137. The molecule has 1 unspecified atom stereocenters. The average molecular weight is 593 g/mol. The molecule has 1 amide bonds. The summed E-state index contributed by atoms with van der Waals surface area (Å²) < 4.78 is 44.9. The van der Waals surface area contributed by atoms with E-state index in [1.54, 1.807) is 18.2 Å². The summed E-state index contributed by atoms with van der Waals surface area (Å²) in [6.45, 7) is 10.7. The topological polar surface area (TPSA) is 108 Å². The van der Waals surface area contributed by atoms with Gasteiger partial charge in [0.25, 0.3) is 0 Å². The molecule has 0 aliphatic heterocycles. The van der Waals surface area contributed by atoms with Crippen LogP contribution in [0.2, 0.25) is 0 Å². The molecule has 1 atom stereocenters. The molecule has 0 spiro atoms. The Kier molecular flexibility index (Phi) is 9.69. The van der Waals surface area contributed by atoms with Crippen molar-refractivity contribution in [1.29, 1.82) is 5.26 Å². The first-order valence-electron chi connectivity index (χ1n) is 14.3. The lowest BCUT2D eigenvalue weighted by Crippen LogP contribution is -2.37. The zero-order chi connectivity index (χ0) is 31.3. The van der Waals surface area contributed by atoms with E-state index in [0.29, 0.717) is 59.1 Å². The van der Waals surface area contributed by atoms with E-state index in [4.69, 9.17) is 4.42 Å². The van der Waals surface area contributed by atoms with E-state index in [0.717, 1.165) is 17.8 Å². The van der Waals surface area contributed by atoms with E-state index in [2.05, 4.69) is 26.3 Å². The summed E-state index contributed by atoms with van der Waals surface area (Å²) in [4.78, 5) is 27.6. The first-order chi connectivity index (χ1) is 20.3. The van der Waals surface area contributed by atoms with Crippen LogP contribution in [-0.2, 0) is 11.0 Å². The molecule has 226 valence electrons. The normalized spacial score (nSPS) is 12.5. The summed E-state index contributed by atoms with van der Waals surface area (Å²) >= 11 is 0. The number of amides is 1. The Labute approximate surface area is 249 Å². The molecule has 1 aromatic carbocycles. The number of nitrogens with one attached hydrogen (secondary N) is 1. The molecule has 3 heterocycles. The number of halogens is 3. The van der Waals surface area contributed by atoms with Gasteiger partial charge in [-0.25, -0.2) is 15.0 Å². The zero-order valence-corrected chi connectivity index (χ0v) is 24.9. The van der Waals surface area contributed by atoms with Gasteiger partial charge in [-0.3, -0.25) is 4.79 Å². The van der Waals surface area contributed by atoms with Crippen molar-refractivity contribution in [2.75, 3.05) is 16.8 Å². The largest absolute Gasteiger partial charge is 0.434 e. The van der Waals surface area contributed by atoms with Crippen LogP contribution in [0, 0.1) is 17.2 Å². The molecule has 3 aromatic heterocycles. The fourth-order valence-electron chi connectivity index (χ4n) is 4.81. The first kappa shape index (κ1) is 31.5. The Morgan fingerprint density at radius 2 is 1.84 bits per heavy atom. The minimum Gasteiger partial charge on any atom is -0.434 e. The van der Waals surface area contributed by atoms with E-state index < -0.39 is 11.7 Å². The van der Waals surface area contributed by atoms with Crippen molar-refractivity contribution in [3.05, 3.63) is 65.5 Å². The lowest BCUT2D eigenvalue weighted by atomic mass is 10.00. The van der Waals surface area contributed by atoms with Crippen molar-refractivity contribution in [2.24, 2.45) is 5.92 Å². The molecule has 0 saturated heterocycles. The monoisotopic (exact) mass is 592 g/mol. The van der Waals surface area contributed by atoms with Gasteiger partial charge in [-0.05, 0) is 68.0 Å². The summed E-state index contributed by atoms with van der Waals surface area (Å²) in [7, 11) is 0. The van der Waals surface area contributed by atoms with Crippen molar-refractivity contribution in [3.63, 3.8) is 0 Å². The maximum Gasteiger partial charge on any atom is 0.417 e. The number of alkyl halides is 3. The number of hydrogen-bond acceptors (Lipinski definition) is 7. The summed E-state index contributed by atoms with van der Waals surface area (Å²) in [5, 5.41) is 12.2. The van der Waals surface area contributed by atoms with Crippen LogP contribution in [-0.4, -0.2) is 33.4 Å². The fourth-order valence-corrected chi connectivity index (χ4v) is 4.81. The highest BCUT2D eigenvalue weighted by molar-refractivity contribution is 5.90. The van der Waals surface area contributed by atoms with E-state index in [1.807, 2.05) is 45.6 Å². The van der Waals surface area contributed by atoms with Gasteiger partial charge >= 0.3 is 6.18 Å². The third-order valence-corrected chi connectivity index (χ3v) is 7.03. The molecule has 43 heavy (non-hydrogen) atoms. The summed E-state index contributed by atoms with van der Waals surface area (Å²) in [6, 6.07) is 11.5. The molecule has 4 rings (SSSR count). The van der Waals surface area contributed by atoms with E-state index in [9.17, 15) is 23.2 Å². The number of fused-ring (bicyclic) bond motifs is 1. The molecule has 0 radical (unpaired) electrons. The Hall–Kier alpha value is -4.46. The van der Waals surface area contributed by atoms with Gasteiger partial charge in [-0.15, -0.1) is 0 Å². The molecule has 0 aliphatic rings. The third-order valence-electron chi connectivity index (χ3n) is 7.03. The van der Waals surface area contributed by atoms with Crippen LogP contribution in [0.25, 0.3) is 22.7 Å². The zero-order valence-electron chi connectivity index (χ0n) is 24.9. The minimum atomic E-state index is -4.44. The highest BCUT2D eigenvalue weighted by atomic mass is 19.4. The summed E-state index contributed by atoms with van der Waals surface area (Å²) in [5.41, 5.74) is 2.87. The number of anilines is 2. The van der Waals surface area contributed by atoms with Gasteiger partial charge in [0.15, 0.2) is 5.58 Å². The predicted octanol–water partition coefficient (Wildman–Crippen LogP) is 7.96. The number of rotatable bonds is 11. The summed E-state index contributed by atoms with van der Waals surface area (Å²) in [6.07, 6.45) is -0.529. The van der Waals surface area contributed by atoms with Gasteiger partial charge in [-0.1, -0.05) is 27.7 Å². The van der Waals surface area contributed by atoms with Crippen molar-refractivity contribution < 1.29 is 22.4 Å². The number of nitriles is 1. The molecule has 1 N–H and O–H groups in total. The Morgan fingerprint density at radius 1 is 1.07 bits per heavy atom. The first-order valence-corrected chi connectivity index (χ1v) is 14.3. The van der Waals surface area contributed by atoms with Gasteiger partial charge in [0.1, 0.15) is 17.0 Å². The minimum absolute atomic E-state index is 0.0304. The molecule has 4 aromatic rings. The number of benzene rings is 1. The number of pyridine rings is 2. The lowest BCUT2D eigenvalue weighted by Gasteiger charge is -2.32. The van der Waals surface area contributed by atoms with Crippen molar-refractivity contribution in [1.82, 2.24) is 15.0 Å². The number of oxazole rings is 1. The van der Waals surface area contributed by atoms with E-state index in [1.165, 1.54) is 12.3 Å². The maximum absolute atomic E-state index is 13.0. The van der Waals surface area contributed by atoms with E-state index >= 15 is 0 Å². The van der Waals surface area contributed by atoms with Crippen molar-refractivity contribution in [2.45, 2.75) is 72.0 Å². The van der Waals surface area contributed by atoms with E-state index in [-0.39, 0.29) is 30.2 Å². The number of aromatic nitrogens is 3. The molecule has 8 nitrogen and oxygen atoms in total. The second kappa shape index (κ2) is 13.2. The second-order valence-electron chi connectivity index (χ2n) is 11.4. The molecule has 11 heteroatoms. The molecule has 0 aliphatic carbocycles. The van der Waals surface area contributed by atoms with Crippen LogP contribution in [0.4, 0.5) is 24.7 Å². The van der Waals surface area contributed by atoms with Crippen LogP contribution in [0.5, 0.6) is 0 Å². The number of nitrogens with zero attached hydrogens (tertiary/aromatic N) is 5. The number of carbonyl (C=O) groups excluding carboxylic acids is 1. The third kappa shape index (κ3) is 7.89. The SMILES string of the molecule is CC(C)CN(c1ccc(C(F)(F)F)cn1)C(C)CCCC(=O)Nc1ccc(-c2nc3cc(C#N)cc(C(C)C)c3o2)nc1. The van der Waals surface area contributed by atoms with Gasteiger partial charge in [0.2, 0.25) is 11.8 Å². The Bertz CT molecular complexity index is 1590. The molecule has 0 saturated carbocycles. The maximum atomic E-state index is 13.0. The molecule has 0 bridgehead atoms. The molecular weight excluding hydrogens is 557 g/mol. The quantitative estimate of drug-likeness (QED) is 0.188. The van der Waals surface area contributed by atoms with Gasteiger partial charge < -0.3 is 14.6 Å². The highest BCUT2D eigenvalue weighted by Gasteiger charge is 2.31. The van der Waals surface area contributed by atoms with Crippen LogP contribution >= 0.6 is 0 Å². The van der Waals surface area contributed by atoms with Crippen molar-refractivity contribution >= 4 is 28.5 Å². The second-order valence-corrected chi connectivity index (χ2v) is 11.4. The highest BCUT2D eigenvalue weighted by Crippen LogP contribution is 2.32. The van der Waals surface area contributed by atoms with Crippen LogP contribution in [0.3, 0.4) is 0 Å². The van der Waals surface area contributed by atoms with Gasteiger partial charge in [0, 0.05) is 30.8 Å². The van der Waals surface area contributed by atoms with Crippen molar-refractivity contribution in [3.8, 4) is 17.7 Å². The number of carbonyl (C=O) groups is 1. The fraction of sp³-hybridized carbons (Fsp3) is 0.406. The van der Waals surface area contributed by atoms with Gasteiger partial charge in [0.05, 0.1) is 29.1 Å². The smallest absolute Gasteiger partial charge is 0.417 e. The standard InChI is InChI=1S/C32H35F3N6O2/c1-19(2)18-41(28-12-9-23(16-38-28)32(33,34)35)21(5)7-6-8-29(42)39-24-10-11-26(37-17-24)31-40-27-14-22(15-36)13-25(20(3)4)30(27)43-31/h9-14,16-17,19-21H,6-8,18H2,1-5H3,(H,39,42). The van der Waals surface area contributed by atoms with Crippen LogP contribution in [0.1, 0.15) is 76.5 Å². The molecule has 0 fully saturated rings. The van der Waals surface area contributed by atoms with Crippen LogP contribution < -0.4 is 10.2 Å². The van der Waals surface area contributed by atoms with Crippen LogP contribution in [0.15, 0.2) is 53.2 Å². The predicted molar refractivity (Wildman–Crippen MR) is 159 cm³/mol. The van der Waals surface area contributed by atoms with Gasteiger partial charge in [-0.2, -0.15) is 18.4 Å². The number of hydrogen-bond donors (Lipinski definition) is 1.